The molecule has 0 radical (unpaired) electrons. The van der Waals surface area contributed by atoms with Crippen molar-refractivity contribution < 1.29 is 4.79 Å². The van der Waals surface area contributed by atoms with Gasteiger partial charge in [0, 0.05) is 24.5 Å². The van der Waals surface area contributed by atoms with Gasteiger partial charge in [-0.2, -0.15) is 0 Å². The minimum Gasteiger partial charge on any atom is -0.375 e. The van der Waals surface area contributed by atoms with E-state index < -0.39 is 0 Å². The van der Waals surface area contributed by atoms with Crippen LogP contribution in [0.25, 0.3) is 0 Å². The third kappa shape index (κ3) is 3.45. The predicted molar refractivity (Wildman–Crippen MR) is 78.1 cm³/mol. The molecule has 0 bridgehead atoms. The van der Waals surface area contributed by atoms with Gasteiger partial charge in [-0.05, 0) is 19.5 Å². The Morgan fingerprint density at radius 1 is 1.58 bits per heavy atom. The summed E-state index contributed by atoms with van der Waals surface area (Å²) < 4.78 is 0. The van der Waals surface area contributed by atoms with E-state index in [1.54, 1.807) is 0 Å². The van der Waals surface area contributed by atoms with E-state index >= 15 is 0 Å². The van der Waals surface area contributed by atoms with Gasteiger partial charge in [0.2, 0.25) is 5.91 Å². The van der Waals surface area contributed by atoms with E-state index in [-0.39, 0.29) is 5.91 Å². The van der Waals surface area contributed by atoms with E-state index in [4.69, 9.17) is 5.73 Å². The van der Waals surface area contributed by atoms with E-state index in [0.717, 1.165) is 38.3 Å². The van der Waals surface area contributed by atoms with Crippen molar-refractivity contribution in [1.82, 2.24) is 14.8 Å². The fraction of sp³-hybridized carbons (Fsp3) is 0.692. The Kier molecular flexibility index (Phi) is 4.76. The Labute approximate surface area is 118 Å². The second kappa shape index (κ2) is 6.34. The fourth-order valence-electron chi connectivity index (χ4n) is 2.68. The highest BCUT2D eigenvalue weighted by molar-refractivity contribution is 7.13. The minimum absolute atomic E-state index is 0.167. The summed E-state index contributed by atoms with van der Waals surface area (Å²) in [6.45, 7) is 8.15. The highest BCUT2D eigenvalue weighted by Crippen LogP contribution is 2.18. The first-order chi connectivity index (χ1) is 9.13. The molecule has 0 spiro atoms. The summed E-state index contributed by atoms with van der Waals surface area (Å²) in [5.74, 6) is 0.167. The zero-order valence-electron chi connectivity index (χ0n) is 11.6. The molecular weight excluding hydrogens is 260 g/mol. The summed E-state index contributed by atoms with van der Waals surface area (Å²) in [5.41, 5.74) is 6.37. The predicted octanol–water partition coefficient (Wildman–Crippen LogP) is 1.21. The average molecular weight is 282 g/mol. The molecule has 1 atom stereocenters. The molecule has 19 heavy (non-hydrogen) atoms. The van der Waals surface area contributed by atoms with Crippen molar-refractivity contribution in [1.29, 1.82) is 0 Å². The van der Waals surface area contributed by atoms with Gasteiger partial charge in [0.1, 0.15) is 0 Å². The van der Waals surface area contributed by atoms with Crippen LogP contribution in [0.15, 0.2) is 5.38 Å². The fourth-order valence-corrected chi connectivity index (χ4v) is 3.24. The van der Waals surface area contributed by atoms with Crippen LogP contribution in [0, 0.1) is 0 Å². The molecule has 1 aromatic rings. The summed E-state index contributed by atoms with van der Waals surface area (Å²) in [6.07, 6.45) is 1.45. The molecule has 0 aromatic carbocycles. The SMILES string of the molecule is CCN(CC)C1CCN(C(=O)Cc2csc(N)n2)C1. The molecule has 1 fully saturated rings. The molecule has 5 nitrogen and oxygen atoms in total. The Balaban J connectivity index is 1.88. The largest absolute Gasteiger partial charge is 0.375 e. The standard InChI is InChI=1S/C13H22N4OS/c1-3-16(4-2)11-5-6-17(8-11)12(18)7-10-9-19-13(14)15-10/h9,11H,3-8H2,1-2H3,(H2,14,15). The molecule has 1 aromatic heterocycles. The van der Waals surface area contributed by atoms with Crippen LogP contribution in [0.4, 0.5) is 5.13 Å². The molecule has 2 N–H and O–H groups in total. The first-order valence-electron chi connectivity index (χ1n) is 6.85. The summed E-state index contributed by atoms with van der Waals surface area (Å²) in [7, 11) is 0. The normalized spacial score (nSPS) is 19.3. The maximum absolute atomic E-state index is 12.2. The number of nitrogens with two attached hydrogens (primary N) is 1. The number of anilines is 1. The van der Waals surface area contributed by atoms with Gasteiger partial charge in [-0.3, -0.25) is 9.69 Å². The lowest BCUT2D eigenvalue weighted by molar-refractivity contribution is -0.129. The van der Waals surface area contributed by atoms with E-state index in [2.05, 4.69) is 23.7 Å². The number of likely N-dealkylation sites (tertiary alicyclic amines) is 1. The molecule has 2 rings (SSSR count). The summed E-state index contributed by atoms with van der Waals surface area (Å²) in [6, 6.07) is 0.513. The van der Waals surface area contributed by atoms with Gasteiger partial charge in [-0.25, -0.2) is 4.98 Å². The zero-order chi connectivity index (χ0) is 13.8. The number of amides is 1. The summed E-state index contributed by atoms with van der Waals surface area (Å²) in [5, 5.41) is 2.40. The highest BCUT2D eigenvalue weighted by atomic mass is 32.1. The Morgan fingerprint density at radius 3 is 2.89 bits per heavy atom. The quantitative estimate of drug-likeness (QED) is 0.882. The number of likely N-dealkylation sites (N-methyl/N-ethyl adjacent to an activating group) is 1. The van der Waals surface area contributed by atoms with Crippen molar-refractivity contribution in [2.75, 3.05) is 31.9 Å². The highest BCUT2D eigenvalue weighted by Gasteiger charge is 2.29. The van der Waals surface area contributed by atoms with Crippen LogP contribution in [0.1, 0.15) is 26.0 Å². The molecule has 2 heterocycles. The van der Waals surface area contributed by atoms with E-state index in [1.807, 2.05) is 10.3 Å². The topological polar surface area (TPSA) is 62.5 Å². The Morgan fingerprint density at radius 2 is 2.32 bits per heavy atom. The van der Waals surface area contributed by atoms with Crippen LogP contribution < -0.4 is 5.73 Å². The van der Waals surface area contributed by atoms with Gasteiger partial charge >= 0.3 is 0 Å². The first-order valence-corrected chi connectivity index (χ1v) is 7.73. The lowest BCUT2D eigenvalue weighted by atomic mass is 10.2. The zero-order valence-corrected chi connectivity index (χ0v) is 12.4. The second-order valence-corrected chi connectivity index (χ2v) is 5.75. The molecule has 0 saturated carbocycles. The van der Waals surface area contributed by atoms with Crippen LogP contribution in [-0.4, -0.2) is 52.9 Å². The lowest BCUT2D eigenvalue weighted by Gasteiger charge is -2.26. The summed E-state index contributed by atoms with van der Waals surface area (Å²) in [4.78, 5) is 20.7. The number of hydrogen-bond donors (Lipinski definition) is 1. The van der Waals surface area contributed by atoms with Gasteiger partial charge in [0.15, 0.2) is 5.13 Å². The third-order valence-corrected chi connectivity index (χ3v) is 4.47. The monoisotopic (exact) mass is 282 g/mol. The summed E-state index contributed by atoms with van der Waals surface area (Å²) >= 11 is 1.39. The lowest BCUT2D eigenvalue weighted by Crippen LogP contribution is -2.39. The van der Waals surface area contributed by atoms with Crippen molar-refractivity contribution in [2.45, 2.75) is 32.7 Å². The van der Waals surface area contributed by atoms with Crippen LogP contribution in [0.5, 0.6) is 0 Å². The van der Waals surface area contributed by atoms with Crippen molar-refractivity contribution in [3.8, 4) is 0 Å². The Bertz CT molecular complexity index is 430. The second-order valence-electron chi connectivity index (χ2n) is 4.86. The minimum atomic E-state index is 0.167. The molecule has 6 heteroatoms. The van der Waals surface area contributed by atoms with Crippen molar-refractivity contribution >= 4 is 22.4 Å². The van der Waals surface area contributed by atoms with E-state index in [9.17, 15) is 4.79 Å². The smallest absolute Gasteiger partial charge is 0.228 e. The molecule has 1 aliphatic heterocycles. The number of rotatable bonds is 5. The van der Waals surface area contributed by atoms with Crippen LogP contribution >= 0.6 is 11.3 Å². The molecule has 1 amide bonds. The van der Waals surface area contributed by atoms with Crippen molar-refractivity contribution in [2.24, 2.45) is 0 Å². The number of nitrogens with zero attached hydrogens (tertiary/aromatic N) is 3. The maximum atomic E-state index is 12.2. The average Bonchev–Trinajstić information content (AvgIpc) is 3.01. The number of nitrogen functional groups attached to an aromatic ring is 1. The number of carbonyl (C=O) groups excluding carboxylic acids is 1. The van der Waals surface area contributed by atoms with E-state index in [0.29, 0.717) is 17.6 Å². The molecule has 0 aliphatic carbocycles. The van der Waals surface area contributed by atoms with Crippen molar-refractivity contribution in [3.05, 3.63) is 11.1 Å². The van der Waals surface area contributed by atoms with Crippen LogP contribution in [0.3, 0.4) is 0 Å². The number of carbonyl (C=O) groups is 1. The van der Waals surface area contributed by atoms with E-state index in [1.165, 1.54) is 11.3 Å². The number of thiazole rings is 1. The van der Waals surface area contributed by atoms with Gasteiger partial charge in [-0.15, -0.1) is 11.3 Å². The van der Waals surface area contributed by atoms with Gasteiger partial charge in [0.05, 0.1) is 12.1 Å². The molecule has 1 unspecified atom stereocenters. The molecule has 1 saturated heterocycles. The van der Waals surface area contributed by atoms with Gasteiger partial charge < -0.3 is 10.6 Å². The third-order valence-electron chi connectivity index (χ3n) is 3.75. The Hall–Kier alpha value is -1.14. The number of hydrogen-bond acceptors (Lipinski definition) is 5. The van der Waals surface area contributed by atoms with Gasteiger partial charge in [0.25, 0.3) is 0 Å². The van der Waals surface area contributed by atoms with Crippen molar-refractivity contribution in [3.63, 3.8) is 0 Å². The van der Waals surface area contributed by atoms with Crippen LogP contribution in [0.2, 0.25) is 0 Å². The molecule has 106 valence electrons. The van der Waals surface area contributed by atoms with Crippen LogP contribution in [-0.2, 0) is 11.2 Å². The maximum Gasteiger partial charge on any atom is 0.228 e. The van der Waals surface area contributed by atoms with Gasteiger partial charge in [-0.1, -0.05) is 13.8 Å². The molecular formula is C13H22N4OS. The first kappa shape index (κ1) is 14.3. The number of aromatic nitrogens is 1. The molecule has 1 aliphatic rings.